The Bertz CT molecular complexity index is 1060. The lowest BCUT2D eigenvalue weighted by atomic mass is 9.73. The molecule has 0 atom stereocenters. The number of hydrogen-bond acceptors (Lipinski definition) is 4. The minimum absolute atomic E-state index is 0.0194. The summed E-state index contributed by atoms with van der Waals surface area (Å²) < 4.78 is 5.53. The first-order valence-corrected chi connectivity index (χ1v) is 11.9. The van der Waals surface area contributed by atoms with Crippen molar-refractivity contribution in [1.82, 2.24) is 10.3 Å². The zero-order valence-electron chi connectivity index (χ0n) is 17.3. The van der Waals surface area contributed by atoms with E-state index in [0.717, 1.165) is 21.8 Å². The van der Waals surface area contributed by atoms with Crippen LogP contribution in [-0.2, 0) is 21.4 Å². The maximum absolute atomic E-state index is 13.3. The van der Waals surface area contributed by atoms with Gasteiger partial charge in [0.05, 0.1) is 11.1 Å². The van der Waals surface area contributed by atoms with Crippen LogP contribution >= 0.6 is 34.5 Å². The number of thiazole rings is 1. The van der Waals surface area contributed by atoms with Gasteiger partial charge < -0.3 is 10.1 Å². The van der Waals surface area contributed by atoms with Crippen LogP contribution in [0.15, 0.2) is 47.8 Å². The number of ether oxygens (including phenoxy) is 1. The standard InChI is InChI=1S/C24H24Cl2N2O2S/c1-16-2-4-17(5-3-16)22-28-19(15-31-22)8-11-27-23(29)24(9-12-30-13-10-24)20-7-6-18(25)14-21(20)26/h2-7,14-15H,8-13H2,1H3,(H,27,29). The van der Waals surface area contributed by atoms with Crippen molar-refractivity contribution < 1.29 is 9.53 Å². The Balaban J connectivity index is 1.43. The number of nitrogens with one attached hydrogen (secondary N) is 1. The van der Waals surface area contributed by atoms with Crippen LogP contribution in [0.1, 0.15) is 29.7 Å². The van der Waals surface area contributed by atoms with Crippen LogP contribution in [0.25, 0.3) is 10.6 Å². The molecule has 0 aliphatic carbocycles. The molecule has 2 aromatic carbocycles. The Morgan fingerprint density at radius 2 is 1.90 bits per heavy atom. The molecule has 31 heavy (non-hydrogen) atoms. The van der Waals surface area contributed by atoms with Gasteiger partial charge in [-0.2, -0.15) is 0 Å². The Labute approximate surface area is 196 Å². The van der Waals surface area contributed by atoms with Gasteiger partial charge in [-0.05, 0) is 37.5 Å². The highest BCUT2D eigenvalue weighted by molar-refractivity contribution is 7.13. The summed E-state index contributed by atoms with van der Waals surface area (Å²) in [6, 6.07) is 13.7. The maximum atomic E-state index is 13.3. The molecule has 0 unspecified atom stereocenters. The number of rotatable bonds is 6. The number of aryl methyl sites for hydroxylation is 1. The zero-order valence-corrected chi connectivity index (χ0v) is 19.6. The molecule has 1 amide bonds. The molecule has 1 aliphatic rings. The molecule has 4 rings (SSSR count). The van der Waals surface area contributed by atoms with Crippen LogP contribution in [0.2, 0.25) is 10.0 Å². The van der Waals surface area contributed by atoms with Crippen LogP contribution in [0, 0.1) is 6.92 Å². The number of halogens is 2. The van der Waals surface area contributed by atoms with Gasteiger partial charge in [0.25, 0.3) is 0 Å². The normalized spacial score (nSPS) is 15.6. The summed E-state index contributed by atoms with van der Waals surface area (Å²) in [5.74, 6) is -0.0194. The molecular weight excluding hydrogens is 451 g/mol. The number of amides is 1. The fraction of sp³-hybridized carbons (Fsp3) is 0.333. The molecule has 3 aromatic rings. The zero-order chi connectivity index (χ0) is 21.8. The van der Waals surface area contributed by atoms with Gasteiger partial charge in [0.2, 0.25) is 5.91 Å². The van der Waals surface area contributed by atoms with Crippen LogP contribution < -0.4 is 5.32 Å². The van der Waals surface area contributed by atoms with Gasteiger partial charge >= 0.3 is 0 Å². The first-order valence-electron chi connectivity index (χ1n) is 10.3. The molecule has 7 heteroatoms. The van der Waals surface area contributed by atoms with Crippen molar-refractivity contribution >= 4 is 40.4 Å². The van der Waals surface area contributed by atoms with E-state index in [1.165, 1.54) is 5.56 Å². The Kier molecular flexibility index (Phi) is 6.97. The molecule has 0 radical (unpaired) electrons. The number of aromatic nitrogens is 1. The average molecular weight is 475 g/mol. The molecule has 162 valence electrons. The van der Waals surface area contributed by atoms with Gasteiger partial charge in [-0.15, -0.1) is 11.3 Å². The van der Waals surface area contributed by atoms with Crippen molar-refractivity contribution in [2.75, 3.05) is 19.8 Å². The number of nitrogens with zero attached hydrogens (tertiary/aromatic N) is 1. The van der Waals surface area contributed by atoms with Crippen molar-refractivity contribution in [3.63, 3.8) is 0 Å². The van der Waals surface area contributed by atoms with Gasteiger partial charge in [-0.3, -0.25) is 4.79 Å². The van der Waals surface area contributed by atoms with Crippen molar-refractivity contribution in [3.8, 4) is 10.6 Å². The second-order valence-electron chi connectivity index (χ2n) is 7.83. The second-order valence-corrected chi connectivity index (χ2v) is 9.54. The van der Waals surface area contributed by atoms with Crippen molar-refractivity contribution in [3.05, 3.63) is 74.7 Å². The highest BCUT2D eigenvalue weighted by Crippen LogP contribution is 2.40. The summed E-state index contributed by atoms with van der Waals surface area (Å²) in [4.78, 5) is 18.1. The van der Waals surface area contributed by atoms with Gasteiger partial charge in [-0.25, -0.2) is 4.98 Å². The summed E-state index contributed by atoms with van der Waals surface area (Å²) in [7, 11) is 0. The van der Waals surface area contributed by atoms with E-state index in [1.54, 1.807) is 23.5 Å². The molecule has 2 heterocycles. The first-order chi connectivity index (χ1) is 15.0. The highest BCUT2D eigenvalue weighted by atomic mass is 35.5. The summed E-state index contributed by atoms with van der Waals surface area (Å²) in [5.41, 5.74) is 3.44. The van der Waals surface area contributed by atoms with Crippen molar-refractivity contribution in [2.24, 2.45) is 0 Å². The lowest BCUT2D eigenvalue weighted by molar-refractivity contribution is -0.130. The minimum Gasteiger partial charge on any atom is -0.381 e. The third kappa shape index (κ3) is 4.96. The quantitative estimate of drug-likeness (QED) is 0.488. The Hall–Kier alpha value is -1.92. The van der Waals surface area contributed by atoms with E-state index in [0.29, 0.717) is 49.1 Å². The monoisotopic (exact) mass is 474 g/mol. The SMILES string of the molecule is Cc1ccc(-c2nc(CCNC(=O)C3(c4ccc(Cl)cc4Cl)CCOCC3)cs2)cc1. The molecule has 0 spiro atoms. The molecule has 4 nitrogen and oxygen atoms in total. The molecule has 0 bridgehead atoms. The topological polar surface area (TPSA) is 51.2 Å². The number of hydrogen-bond donors (Lipinski definition) is 1. The molecular formula is C24H24Cl2N2O2S. The van der Waals surface area contributed by atoms with Crippen LogP contribution in [-0.4, -0.2) is 30.6 Å². The Morgan fingerprint density at radius 3 is 2.61 bits per heavy atom. The molecule has 1 saturated heterocycles. The van der Waals surface area contributed by atoms with E-state index in [-0.39, 0.29) is 5.91 Å². The Morgan fingerprint density at radius 1 is 1.16 bits per heavy atom. The lowest BCUT2D eigenvalue weighted by Gasteiger charge is -2.36. The van der Waals surface area contributed by atoms with Crippen molar-refractivity contribution in [2.45, 2.75) is 31.6 Å². The second kappa shape index (κ2) is 9.70. The first kappa shape index (κ1) is 22.3. The largest absolute Gasteiger partial charge is 0.381 e. The van der Waals surface area contributed by atoms with Crippen LogP contribution in [0.4, 0.5) is 0 Å². The van der Waals surface area contributed by atoms with E-state index in [4.69, 9.17) is 32.9 Å². The van der Waals surface area contributed by atoms with E-state index in [2.05, 4.69) is 41.9 Å². The summed E-state index contributed by atoms with van der Waals surface area (Å²) in [6.07, 6.45) is 1.86. The van der Waals surface area contributed by atoms with Crippen LogP contribution in [0.5, 0.6) is 0 Å². The summed E-state index contributed by atoms with van der Waals surface area (Å²) in [5, 5.41) is 7.25. The van der Waals surface area contributed by atoms with Gasteiger partial charge in [0.1, 0.15) is 5.01 Å². The number of carbonyl (C=O) groups is 1. The molecule has 1 N–H and O–H groups in total. The third-order valence-electron chi connectivity index (χ3n) is 5.74. The van der Waals surface area contributed by atoms with Crippen molar-refractivity contribution in [1.29, 1.82) is 0 Å². The fourth-order valence-corrected chi connectivity index (χ4v) is 5.39. The van der Waals surface area contributed by atoms with E-state index in [1.807, 2.05) is 6.07 Å². The molecule has 1 aliphatic heterocycles. The summed E-state index contributed by atoms with van der Waals surface area (Å²) >= 11 is 14.2. The number of benzene rings is 2. The van der Waals surface area contributed by atoms with E-state index >= 15 is 0 Å². The third-order valence-corrected chi connectivity index (χ3v) is 7.23. The predicted molar refractivity (Wildman–Crippen MR) is 127 cm³/mol. The molecule has 0 saturated carbocycles. The predicted octanol–water partition coefficient (Wildman–Crippen LogP) is 5.83. The fourth-order valence-electron chi connectivity index (χ4n) is 3.94. The average Bonchev–Trinajstić information content (AvgIpc) is 3.23. The smallest absolute Gasteiger partial charge is 0.230 e. The minimum atomic E-state index is -0.699. The number of carbonyl (C=O) groups excluding carboxylic acids is 1. The van der Waals surface area contributed by atoms with Gasteiger partial charge in [-0.1, -0.05) is 59.1 Å². The van der Waals surface area contributed by atoms with E-state index in [9.17, 15) is 4.79 Å². The highest BCUT2D eigenvalue weighted by Gasteiger charge is 2.42. The van der Waals surface area contributed by atoms with Gasteiger partial charge in [0.15, 0.2) is 0 Å². The van der Waals surface area contributed by atoms with Gasteiger partial charge in [0, 0.05) is 47.2 Å². The van der Waals surface area contributed by atoms with Crippen LogP contribution in [0.3, 0.4) is 0 Å². The molecule has 1 aromatic heterocycles. The maximum Gasteiger partial charge on any atom is 0.230 e. The summed E-state index contributed by atoms with van der Waals surface area (Å²) in [6.45, 7) is 3.64. The molecule has 1 fully saturated rings. The lowest BCUT2D eigenvalue weighted by Crippen LogP contribution is -2.48. The van der Waals surface area contributed by atoms with E-state index < -0.39 is 5.41 Å².